The Bertz CT molecular complexity index is 862. The highest BCUT2D eigenvalue weighted by atomic mass is 32.2. The molecule has 1 amide bonds. The third kappa shape index (κ3) is 5.12. The van der Waals surface area contributed by atoms with E-state index in [2.05, 4.69) is 5.32 Å². The maximum Gasteiger partial charge on any atom is 0.243 e. The molecule has 1 N–H and O–H groups in total. The number of benzene rings is 2. The van der Waals surface area contributed by atoms with Crippen molar-refractivity contribution >= 4 is 33.4 Å². The molecule has 1 fully saturated rings. The molecule has 7 heteroatoms. The maximum atomic E-state index is 12.5. The minimum absolute atomic E-state index is 0.0916. The molecule has 27 heavy (non-hydrogen) atoms. The summed E-state index contributed by atoms with van der Waals surface area (Å²) in [6.45, 7) is 3.03. The van der Waals surface area contributed by atoms with Crippen molar-refractivity contribution in [2.45, 2.75) is 35.7 Å². The number of sulfonamides is 1. The molecule has 1 aliphatic heterocycles. The second-order valence-electron chi connectivity index (χ2n) is 6.56. The van der Waals surface area contributed by atoms with E-state index in [4.69, 9.17) is 0 Å². The predicted molar refractivity (Wildman–Crippen MR) is 110 cm³/mol. The van der Waals surface area contributed by atoms with Crippen LogP contribution in [0.5, 0.6) is 0 Å². The zero-order valence-electron chi connectivity index (χ0n) is 15.3. The summed E-state index contributed by atoms with van der Waals surface area (Å²) in [6, 6.07) is 16.4. The Morgan fingerprint density at radius 1 is 1.07 bits per heavy atom. The second-order valence-corrected chi connectivity index (χ2v) is 9.83. The van der Waals surface area contributed by atoms with E-state index in [1.54, 1.807) is 36.0 Å². The minimum atomic E-state index is -3.42. The molecule has 0 aliphatic carbocycles. The largest absolute Gasteiger partial charge is 0.325 e. The number of rotatable bonds is 7. The summed E-state index contributed by atoms with van der Waals surface area (Å²) in [5, 5.41) is 2.65. The van der Waals surface area contributed by atoms with Crippen molar-refractivity contribution in [1.82, 2.24) is 4.31 Å². The van der Waals surface area contributed by atoms with Gasteiger partial charge in [0.15, 0.2) is 0 Å². The van der Waals surface area contributed by atoms with Gasteiger partial charge in [-0.25, -0.2) is 8.42 Å². The highest BCUT2D eigenvalue weighted by molar-refractivity contribution is 7.99. The number of thioether (sulfide) groups is 1. The quantitative estimate of drug-likeness (QED) is 0.764. The standard InChI is InChI=1S/C20H24N2O3S2/c1-16(26-15-17-7-3-2-4-8-17)20(23)21-18-9-11-19(12-10-18)27(24,25)22-13-5-6-14-22/h2-4,7-12,16H,5-6,13-15H2,1H3,(H,21,23)/t16-/m0/s1. The number of hydrogen-bond donors (Lipinski definition) is 1. The topological polar surface area (TPSA) is 66.5 Å². The van der Waals surface area contributed by atoms with Gasteiger partial charge in [-0.05, 0) is 49.6 Å². The molecule has 2 aromatic rings. The van der Waals surface area contributed by atoms with Crippen LogP contribution in [0.3, 0.4) is 0 Å². The normalized spacial score (nSPS) is 16.2. The molecule has 0 saturated carbocycles. The maximum absolute atomic E-state index is 12.5. The van der Waals surface area contributed by atoms with E-state index >= 15 is 0 Å². The summed E-state index contributed by atoms with van der Waals surface area (Å²) in [4.78, 5) is 12.6. The minimum Gasteiger partial charge on any atom is -0.325 e. The monoisotopic (exact) mass is 404 g/mol. The molecule has 144 valence electrons. The number of nitrogens with one attached hydrogen (secondary N) is 1. The first-order chi connectivity index (χ1) is 13.0. The molecule has 2 aromatic carbocycles. The molecule has 3 rings (SSSR count). The van der Waals surface area contributed by atoms with Crippen molar-refractivity contribution in [3.8, 4) is 0 Å². The van der Waals surface area contributed by atoms with E-state index in [0.717, 1.165) is 18.6 Å². The van der Waals surface area contributed by atoms with Gasteiger partial charge in [0.05, 0.1) is 10.1 Å². The predicted octanol–water partition coefficient (Wildman–Crippen LogP) is 3.73. The van der Waals surface area contributed by atoms with E-state index in [9.17, 15) is 13.2 Å². The number of amides is 1. The van der Waals surface area contributed by atoms with E-state index in [1.807, 2.05) is 37.3 Å². The van der Waals surface area contributed by atoms with Crippen molar-refractivity contribution < 1.29 is 13.2 Å². The average molecular weight is 405 g/mol. The number of carbonyl (C=O) groups excluding carboxylic acids is 1. The Morgan fingerprint density at radius 3 is 2.33 bits per heavy atom. The van der Waals surface area contributed by atoms with Crippen LogP contribution in [0.1, 0.15) is 25.3 Å². The number of anilines is 1. The average Bonchev–Trinajstić information content (AvgIpc) is 3.23. The molecule has 0 radical (unpaired) electrons. The summed E-state index contributed by atoms with van der Waals surface area (Å²) >= 11 is 1.57. The Kier molecular flexibility index (Phi) is 6.57. The number of carbonyl (C=O) groups is 1. The first-order valence-electron chi connectivity index (χ1n) is 9.03. The molecule has 0 aromatic heterocycles. The molecule has 1 heterocycles. The van der Waals surface area contributed by atoms with Crippen molar-refractivity contribution in [3.05, 3.63) is 60.2 Å². The Morgan fingerprint density at radius 2 is 1.70 bits per heavy atom. The zero-order chi connectivity index (χ0) is 19.3. The summed E-state index contributed by atoms with van der Waals surface area (Å²) in [5.41, 5.74) is 1.78. The molecule has 0 unspecified atom stereocenters. The van der Waals surface area contributed by atoms with Gasteiger partial charge >= 0.3 is 0 Å². The van der Waals surface area contributed by atoms with Crippen LogP contribution in [-0.4, -0.2) is 37.0 Å². The van der Waals surface area contributed by atoms with Gasteiger partial charge in [0.2, 0.25) is 15.9 Å². The highest BCUT2D eigenvalue weighted by Crippen LogP contribution is 2.23. The fraction of sp³-hybridized carbons (Fsp3) is 0.350. The van der Waals surface area contributed by atoms with Crippen LogP contribution >= 0.6 is 11.8 Å². The molecule has 5 nitrogen and oxygen atoms in total. The van der Waals surface area contributed by atoms with Crippen molar-refractivity contribution in [2.75, 3.05) is 18.4 Å². The first kappa shape index (κ1) is 19.9. The third-order valence-electron chi connectivity index (χ3n) is 4.54. The fourth-order valence-corrected chi connectivity index (χ4v) is 5.27. The van der Waals surface area contributed by atoms with E-state index in [-0.39, 0.29) is 16.1 Å². The number of hydrogen-bond acceptors (Lipinski definition) is 4. The molecule has 1 atom stereocenters. The van der Waals surface area contributed by atoms with Gasteiger partial charge in [0.1, 0.15) is 0 Å². The fourth-order valence-electron chi connectivity index (χ4n) is 2.90. The molecule has 1 saturated heterocycles. The van der Waals surface area contributed by atoms with E-state index < -0.39 is 10.0 Å². The van der Waals surface area contributed by atoms with Crippen LogP contribution in [0.4, 0.5) is 5.69 Å². The van der Waals surface area contributed by atoms with Gasteiger partial charge in [0.25, 0.3) is 0 Å². The molecular formula is C20H24N2O3S2. The summed E-state index contributed by atoms with van der Waals surface area (Å²) < 4.78 is 26.6. The van der Waals surface area contributed by atoms with Gasteiger partial charge in [-0.15, -0.1) is 11.8 Å². The zero-order valence-corrected chi connectivity index (χ0v) is 16.9. The van der Waals surface area contributed by atoms with Gasteiger partial charge in [-0.3, -0.25) is 4.79 Å². The second kappa shape index (κ2) is 8.91. The lowest BCUT2D eigenvalue weighted by Gasteiger charge is -2.16. The van der Waals surface area contributed by atoms with Crippen LogP contribution < -0.4 is 5.32 Å². The van der Waals surface area contributed by atoms with Crippen molar-refractivity contribution in [2.24, 2.45) is 0 Å². The van der Waals surface area contributed by atoms with Crippen LogP contribution in [0.2, 0.25) is 0 Å². The van der Waals surface area contributed by atoms with Gasteiger partial charge in [-0.2, -0.15) is 4.31 Å². The Balaban J connectivity index is 1.56. The van der Waals surface area contributed by atoms with E-state index in [1.165, 1.54) is 9.87 Å². The molecule has 0 spiro atoms. The highest BCUT2D eigenvalue weighted by Gasteiger charge is 2.27. The smallest absolute Gasteiger partial charge is 0.243 e. The van der Waals surface area contributed by atoms with Crippen LogP contribution in [0, 0.1) is 0 Å². The van der Waals surface area contributed by atoms with Gasteiger partial charge < -0.3 is 5.32 Å². The third-order valence-corrected chi connectivity index (χ3v) is 7.66. The van der Waals surface area contributed by atoms with Gasteiger partial charge in [-0.1, -0.05) is 30.3 Å². The molecule has 1 aliphatic rings. The van der Waals surface area contributed by atoms with Crippen LogP contribution in [-0.2, 0) is 20.6 Å². The summed E-state index contributed by atoms with van der Waals surface area (Å²) in [6.07, 6.45) is 1.82. The molecular weight excluding hydrogens is 380 g/mol. The first-order valence-corrected chi connectivity index (χ1v) is 11.5. The summed E-state index contributed by atoms with van der Waals surface area (Å²) in [5.74, 6) is 0.675. The number of nitrogens with zero attached hydrogens (tertiary/aromatic N) is 1. The van der Waals surface area contributed by atoms with Crippen molar-refractivity contribution in [1.29, 1.82) is 0 Å². The molecule has 0 bridgehead atoms. The van der Waals surface area contributed by atoms with E-state index in [0.29, 0.717) is 18.8 Å². The lowest BCUT2D eigenvalue weighted by atomic mass is 10.2. The lowest BCUT2D eigenvalue weighted by Crippen LogP contribution is -2.27. The Hall–Kier alpha value is -1.83. The summed E-state index contributed by atoms with van der Waals surface area (Å²) in [7, 11) is -3.42. The SMILES string of the molecule is C[C@H](SCc1ccccc1)C(=O)Nc1ccc(S(=O)(=O)N2CCCC2)cc1. The van der Waals surface area contributed by atoms with Crippen LogP contribution in [0.15, 0.2) is 59.5 Å². The Labute approximate surface area is 165 Å². The van der Waals surface area contributed by atoms with Crippen LogP contribution in [0.25, 0.3) is 0 Å². The van der Waals surface area contributed by atoms with Crippen molar-refractivity contribution in [3.63, 3.8) is 0 Å². The van der Waals surface area contributed by atoms with Gasteiger partial charge in [0, 0.05) is 24.5 Å². The lowest BCUT2D eigenvalue weighted by molar-refractivity contribution is -0.115.